The molecular formula is C10H16N2OS3. The standard InChI is InChI=1S/C10H16N2OS3/c1-2-15-9(13)7-5-3-4-6-8-11-12-10(14)16-8/h2-7H2,1H3,(H,12,14). The van der Waals surface area contributed by atoms with Crippen LogP contribution in [0, 0.1) is 3.95 Å². The van der Waals surface area contributed by atoms with Gasteiger partial charge in [-0.25, -0.2) is 0 Å². The minimum Gasteiger partial charge on any atom is -0.287 e. The lowest BCUT2D eigenvalue weighted by atomic mass is 10.2. The highest BCUT2D eigenvalue weighted by atomic mass is 32.2. The van der Waals surface area contributed by atoms with Crippen molar-refractivity contribution in [1.82, 2.24) is 10.2 Å². The zero-order valence-corrected chi connectivity index (χ0v) is 11.8. The van der Waals surface area contributed by atoms with E-state index in [-0.39, 0.29) is 0 Å². The van der Waals surface area contributed by atoms with Gasteiger partial charge in [0.2, 0.25) is 0 Å². The van der Waals surface area contributed by atoms with Crippen LogP contribution in [0.2, 0.25) is 0 Å². The zero-order chi connectivity index (χ0) is 11.8. The fourth-order valence-corrected chi connectivity index (χ4v) is 2.91. The number of nitrogens with zero attached hydrogens (tertiary/aromatic N) is 1. The molecule has 1 N–H and O–H groups in total. The molecule has 16 heavy (non-hydrogen) atoms. The topological polar surface area (TPSA) is 45.8 Å². The molecule has 0 aliphatic heterocycles. The highest BCUT2D eigenvalue weighted by molar-refractivity contribution is 8.13. The van der Waals surface area contributed by atoms with E-state index >= 15 is 0 Å². The van der Waals surface area contributed by atoms with Crippen LogP contribution in [0.15, 0.2) is 0 Å². The van der Waals surface area contributed by atoms with E-state index in [9.17, 15) is 4.79 Å². The lowest BCUT2D eigenvalue weighted by molar-refractivity contribution is -0.111. The molecule has 0 atom stereocenters. The highest BCUT2D eigenvalue weighted by Crippen LogP contribution is 2.12. The normalized spacial score (nSPS) is 10.6. The Morgan fingerprint density at radius 1 is 1.50 bits per heavy atom. The average Bonchev–Trinajstić information content (AvgIpc) is 2.64. The van der Waals surface area contributed by atoms with E-state index in [1.807, 2.05) is 6.92 Å². The monoisotopic (exact) mass is 276 g/mol. The van der Waals surface area contributed by atoms with Crippen LogP contribution in [0.1, 0.15) is 37.6 Å². The largest absolute Gasteiger partial charge is 0.287 e. The van der Waals surface area contributed by atoms with Crippen LogP contribution in [0.4, 0.5) is 0 Å². The van der Waals surface area contributed by atoms with Crippen LogP contribution < -0.4 is 0 Å². The molecule has 0 aliphatic rings. The van der Waals surface area contributed by atoms with Crippen molar-refractivity contribution in [3.05, 3.63) is 8.96 Å². The number of nitrogens with one attached hydrogen (secondary N) is 1. The summed E-state index contributed by atoms with van der Waals surface area (Å²) in [4.78, 5) is 11.2. The van der Waals surface area contributed by atoms with E-state index in [0.717, 1.165) is 40.4 Å². The molecule has 1 aromatic rings. The van der Waals surface area contributed by atoms with Gasteiger partial charge in [0.05, 0.1) is 0 Å². The molecular weight excluding hydrogens is 260 g/mol. The van der Waals surface area contributed by atoms with Crippen molar-refractivity contribution in [2.24, 2.45) is 0 Å². The molecule has 0 fully saturated rings. The molecule has 0 saturated carbocycles. The van der Waals surface area contributed by atoms with E-state index in [0.29, 0.717) is 11.5 Å². The van der Waals surface area contributed by atoms with Gasteiger partial charge in [0.1, 0.15) is 5.01 Å². The molecule has 1 heterocycles. The Morgan fingerprint density at radius 2 is 2.31 bits per heavy atom. The quantitative estimate of drug-likeness (QED) is 0.611. The van der Waals surface area contributed by atoms with Crippen molar-refractivity contribution < 1.29 is 4.79 Å². The third-order valence-corrected chi connectivity index (χ3v) is 4.02. The first-order chi connectivity index (χ1) is 7.72. The molecule has 0 spiro atoms. The third-order valence-electron chi connectivity index (χ3n) is 2.06. The van der Waals surface area contributed by atoms with Gasteiger partial charge in [-0.15, -0.1) is 0 Å². The van der Waals surface area contributed by atoms with Crippen molar-refractivity contribution in [3.63, 3.8) is 0 Å². The number of hydrogen-bond acceptors (Lipinski definition) is 5. The number of carbonyl (C=O) groups excluding carboxylic acids is 1. The van der Waals surface area contributed by atoms with Crippen LogP contribution in [0.25, 0.3) is 0 Å². The molecule has 0 radical (unpaired) electrons. The number of unbranched alkanes of at least 4 members (excludes halogenated alkanes) is 2. The lowest BCUT2D eigenvalue weighted by Crippen LogP contribution is -1.92. The number of H-pyrrole nitrogens is 1. The molecule has 0 aromatic carbocycles. The molecule has 1 aromatic heterocycles. The molecule has 90 valence electrons. The van der Waals surface area contributed by atoms with Gasteiger partial charge in [-0.2, -0.15) is 5.10 Å². The summed E-state index contributed by atoms with van der Waals surface area (Å²) in [6.45, 7) is 2.01. The number of carbonyl (C=O) groups is 1. The first kappa shape index (κ1) is 13.9. The smallest absolute Gasteiger partial charge is 0.188 e. The van der Waals surface area contributed by atoms with E-state index in [1.165, 1.54) is 23.1 Å². The van der Waals surface area contributed by atoms with E-state index in [1.54, 1.807) is 0 Å². The Kier molecular flexibility index (Phi) is 6.91. The van der Waals surface area contributed by atoms with Crippen LogP contribution in [0.5, 0.6) is 0 Å². The number of aromatic nitrogens is 2. The molecule has 0 amide bonds. The minimum absolute atomic E-state index is 0.318. The predicted octanol–water partition coefficient (Wildman–Crippen LogP) is 3.58. The number of rotatable bonds is 7. The molecule has 6 heteroatoms. The second-order valence-electron chi connectivity index (χ2n) is 3.37. The van der Waals surface area contributed by atoms with Crippen LogP contribution >= 0.6 is 35.3 Å². The Labute approximate surface area is 109 Å². The maximum absolute atomic E-state index is 11.2. The Hall–Kier alpha value is -0.200. The van der Waals surface area contributed by atoms with E-state index < -0.39 is 0 Å². The van der Waals surface area contributed by atoms with Crippen molar-refractivity contribution >= 4 is 40.4 Å². The van der Waals surface area contributed by atoms with Gasteiger partial charge in [0.15, 0.2) is 9.07 Å². The van der Waals surface area contributed by atoms with E-state index in [2.05, 4.69) is 10.2 Å². The fraction of sp³-hybridized carbons (Fsp3) is 0.700. The van der Waals surface area contributed by atoms with Gasteiger partial charge in [0.25, 0.3) is 0 Å². The number of hydrogen-bond donors (Lipinski definition) is 1. The summed E-state index contributed by atoms with van der Waals surface area (Å²) >= 11 is 7.91. The summed E-state index contributed by atoms with van der Waals surface area (Å²) in [6.07, 6.45) is 4.83. The third kappa shape index (κ3) is 5.77. The Morgan fingerprint density at radius 3 is 2.94 bits per heavy atom. The first-order valence-electron chi connectivity index (χ1n) is 5.42. The summed E-state index contributed by atoms with van der Waals surface area (Å²) in [5.41, 5.74) is 0. The van der Waals surface area contributed by atoms with Gasteiger partial charge in [-0.1, -0.05) is 36.4 Å². The molecule has 0 saturated heterocycles. The van der Waals surface area contributed by atoms with Crippen LogP contribution in [-0.4, -0.2) is 21.1 Å². The molecule has 0 aliphatic carbocycles. The SMILES string of the molecule is CCSC(=O)CCCCCc1n[nH]c(=S)s1. The van der Waals surface area contributed by atoms with Crippen LogP contribution in [0.3, 0.4) is 0 Å². The maximum Gasteiger partial charge on any atom is 0.188 e. The molecule has 1 rings (SSSR count). The summed E-state index contributed by atoms with van der Waals surface area (Å²) in [5, 5.41) is 8.25. The van der Waals surface area contributed by atoms with Crippen molar-refractivity contribution in [2.75, 3.05) is 5.75 Å². The van der Waals surface area contributed by atoms with Gasteiger partial charge in [-0.05, 0) is 30.8 Å². The summed E-state index contributed by atoms with van der Waals surface area (Å²) in [5.74, 6) is 0.884. The minimum atomic E-state index is 0.318. The summed E-state index contributed by atoms with van der Waals surface area (Å²) in [7, 11) is 0. The number of aryl methyl sites for hydroxylation is 1. The number of thioether (sulfide) groups is 1. The van der Waals surface area contributed by atoms with Gasteiger partial charge < -0.3 is 0 Å². The van der Waals surface area contributed by atoms with Crippen LogP contribution in [-0.2, 0) is 11.2 Å². The molecule has 3 nitrogen and oxygen atoms in total. The van der Waals surface area contributed by atoms with E-state index in [4.69, 9.17) is 12.2 Å². The summed E-state index contributed by atoms with van der Waals surface area (Å²) in [6, 6.07) is 0. The van der Waals surface area contributed by atoms with Gasteiger partial charge in [0, 0.05) is 12.8 Å². The number of aromatic amines is 1. The van der Waals surface area contributed by atoms with Gasteiger partial charge in [-0.3, -0.25) is 9.89 Å². The Balaban J connectivity index is 2.04. The van der Waals surface area contributed by atoms with Crippen molar-refractivity contribution in [2.45, 2.75) is 39.0 Å². The fourth-order valence-electron chi connectivity index (χ4n) is 1.32. The zero-order valence-electron chi connectivity index (χ0n) is 9.32. The Bertz CT molecular complexity index is 372. The highest BCUT2D eigenvalue weighted by Gasteiger charge is 2.01. The summed E-state index contributed by atoms with van der Waals surface area (Å²) < 4.78 is 0.740. The average molecular weight is 276 g/mol. The molecule has 0 unspecified atom stereocenters. The maximum atomic E-state index is 11.2. The predicted molar refractivity (Wildman–Crippen MR) is 72.6 cm³/mol. The first-order valence-corrected chi connectivity index (χ1v) is 7.63. The second kappa shape index (κ2) is 7.97. The molecule has 0 bridgehead atoms. The second-order valence-corrected chi connectivity index (χ2v) is 6.44. The van der Waals surface area contributed by atoms with Gasteiger partial charge >= 0.3 is 0 Å². The lowest BCUT2D eigenvalue weighted by Gasteiger charge is -1.98. The van der Waals surface area contributed by atoms with Crippen molar-refractivity contribution in [3.8, 4) is 0 Å². The van der Waals surface area contributed by atoms with Crippen molar-refractivity contribution in [1.29, 1.82) is 0 Å².